The largest absolute Gasteiger partial charge is 0.298 e. The van der Waals surface area contributed by atoms with Crippen molar-refractivity contribution < 1.29 is 9.59 Å². The van der Waals surface area contributed by atoms with E-state index in [0.717, 1.165) is 17.4 Å². The van der Waals surface area contributed by atoms with Crippen LogP contribution in [0.5, 0.6) is 0 Å². The second-order valence-electron chi connectivity index (χ2n) is 4.79. The topological polar surface area (TPSA) is 34.1 Å². The van der Waals surface area contributed by atoms with Gasteiger partial charge < -0.3 is 0 Å². The highest BCUT2D eigenvalue weighted by Crippen LogP contribution is 2.37. The predicted octanol–water partition coefficient (Wildman–Crippen LogP) is 3.95. The number of aryl methyl sites for hydroxylation is 1. The Balaban J connectivity index is 2.23. The first-order valence-electron chi connectivity index (χ1n) is 6.23. The Bertz CT molecular complexity index is 755. The van der Waals surface area contributed by atoms with Gasteiger partial charge in [-0.05, 0) is 36.2 Å². The van der Waals surface area contributed by atoms with Crippen LogP contribution in [0.3, 0.4) is 0 Å². The third-order valence-electron chi connectivity index (χ3n) is 3.46. The third-order valence-corrected chi connectivity index (χ3v) is 3.71. The second kappa shape index (κ2) is 4.73. The number of benzene rings is 2. The van der Waals surface area contributed by atoms with E-state index in [9.17, 15) is 9.59 Å². The number of halogens is 1. The summed E-state index contributed by atoms with van der Waals surface area (Å²) < 4.78 is 0. The van der Waals surface area contributed by atoms with E-state index in [2.05, 4.69) is 0 Å². The molecule has 0 saturated heterocycles. The van der Waals surface area contributed by atoms with E-state index in [1.54, 1.807) is 24.3 Å². The van der Waals surface area contributed by atoms with Crippen molar-refractivity contribution >= 4 is 34.8 Å². The average Bonchev–Trinajstić information content (AvgIpc) is 2.72. The minimum absolute atomic E-state index is 0.104. The summed E-state index contributed by atoms with van der Waals surface area (Å²) in [6.07, 6.45) is 0.753. The maximum absolute atomic E-state index is 12.6. The number of ketones is 1. The number of rotatable bonds is 2. The number of Topliss-reactive ketones (excluding diaryl/α,β-unsaturated/α-hetero) is 1. The molecule has 98 valence electrons. The van der Waals surface area contributed by atoms with Crippen LogP contribution in [0.25, 0.3) is 11.1 Å². The van der Waals surface area contributed by atoms with Crippen LogP contribution in [0, 0.1) is 6.92 Å². The van der Waals surface area contributed by atoms with Crippen LogP contribution in [-0.4, -0.2) is 12.1 Å². The number of allylic oxidation sites excluding steroid dienone is 2. The fraction of sp³-hybridized carbons (Fsp3) is 0.0588. The van der Waals surface area contributed by atoms with Gasteiger partial charge in [-0.15, -0.1) is 0 Å². The van der Waals surface area contributed by atoms with Crippen LogP contribution in [-0.2, 0) is 4.79 Å². The lowest BCUT2D eigenvalue weighted by Crippen LogP contribution is -1.98. The van der Waals surface area contributed by atoms with Crippen LogP contribution in [0.2, 0.25) is 5.02 Å². The number of hydrogen-bond donors (Lipinski definition) is 0. The van der Waals surface area contributed by atoms with E-state index in [4.69, 9.17) is 11.6 Å². The number of carbonyl (C=O) groups excluding carboxylic acids is 2. The van der Waals surface area contributed by atoms with Crippen LogP contribution >= 0.6 is 11.6 Å². The first-order chi connectivity index (χ1) is 9.61. The molecule has 2 aromatic carbocycles. The molecule has 0 radical (unpaired) electrons. The lowest BCUT2D eigenvalue weighted by molar-refractivity contribution is -0.103. The molecule has 0 heterocycles. The normalized spacial score (nSPS) is 13.6. The molecule has 2 aromatic rings. The summed E-state index contributed by atoms with van der Waals surface area (Å²) in [5.41, 5.74) is 3.93. The highest BCUT2D eigenvalue weighted by Gasteiger charge is 2.30. The van der Waals surface area contributed by atoms with Crippen molar-refractivity contribution in [1.82, 2.24) is 0 Å². The Kier molecular flexibility index (Phi) is 3.03. The van der Waals surface area contributed by atoms with Crippen LogP contribution in [0.4, 0.5) is 0 Å². The second-order valence-corrected chi connectivity index (χ2v) is 5.23. The number of hydrogen-bond acceptors (Lipinski definition) is 2. The molecule has 0 amide bonds. The highest BCUT2D eigenvalue weighted by atomic mass is 35.5. The summed E-state index contributed by atoms with van der Waals surface area (Å²) in [4.78, 5) is 24.0. The van der Waals surface area contributed by atoms with Crippen LogP contribution in [0.1, 0.15) is 27.0 Å². The van der Waals surface area contributed by atoms with Gasteiger partial charge in [-0.25, -0.2) is 0 Å². The van der Waals surface area contributed by atoms with E-state index >= 15 is 0 Å². The van der Waals surface area contributed by atoms with E-state index in [1.165, 1.54) is 0 Å². The molecule has 0 atom stereocenters. The minimum atomic E-state index is -0.104. The molecule has 20 heavy (non-hydrogen) atoms. The molecule has 0 aromatic heterocycles. The number of aldehydes is 1. The van der Waals surface area contributed by atoms with Gasteiger partial charge in [-0.2, -0.15) is 0 Å². The fourth-order valence-corrected chi connectivity index (χ4v) is 2.62. The van der Waals surface area contributed by atoms with E-state index in [-0.39, 0.29) is 5.78 Å². The predicted molar refractivity (Wildman–Crippen MR) is 79.8 cm³/mol. The van der Waals surface area contributed by atoms with E-state index in [1.807, 2.05) is 25.1 Å². The van der Waals surface area contributed by atoms with Crippen LogP contribution in [0.15, 0.2) is 42.5 Å². The molecular formula is C17H11ClO2. The summed E-state index contributed by atoms with van der Waals surface area (Å²) in [5.74, 6) is -0.104. The Morgan fingerprint density at radius 1 is 1.00 bits per heavy atom. The number of carbonyl (C=O) groups is 2. The Morgan fingerprint density at radius 3 is 2.35 bits per heavy atom. The monoisotopic (exact) mass is 282 g/mol. The van der Waals surface area contributed by atoms with Gasteiger partial charge in [0.1, 0.15) is 0 Å². The first-order valence-corrected chi connectivity index (χ1v) is 6.60. The Hall–Kier alpha value is -2.19. The lowest BCUT2D eigenvalue weighted by atomic mass is 10.0. The smallest absolute Gasteiger partial charge is 0.195 e. The standard InChI is InChI=1S/C17H11ClO2/c1-10-2-7-13-14(8-10)17(20)16(15(13)9-19)11-3-5-12(18)6-4-11/h2-9H,1H3. The third kappa shape index (κ3) is 1.89. The van der Waals surface area contributed by atoms with Crippen molar-refractivity contribution in [1.29, 1.82) is 0 Å². The van der Waals surface area contributed by atoms with Crippen molar-refractivity contribution in [3.05, 3.63) is 69.7 Å². The maximum Gasteiger partial charge on any atom is 0.195 e. The van der Waals surface area contributed by atoms with Gasteiger partial charge in [-0.1, -0.05) is 41.4 Å². The molecular weight excluding hydrogens is 272 g/mol. The highest BCUT2D eigenvalue weighted by molar-refractivity contribution is 6.46. The molecule has 3 heteroatoms. The molecule has 1 aliphatic rings. The molecule has 0 saturated carbocycles. The zero-order valence-corrected chi connectivity index (χ0v) is 11.6. The Labute approximate surface area is 121 Å². The molecule has 0 unspecified atom stereocenters. The van der Waals surface area contributed by atoms with Crippen molar-refractivity contribution in [2.45, 2.75) is 6.92 Å². The van der Waals surface area contributed by atoms with Crippen molar-refractivity contribution in [3.8, 4) is 0 Å². The van der Waals surface area contributed by atoms with Gasteiger partial charge in [0, 0.05) is 21.7 Å². The first kappa shape index (κ1) is 12.8. The van der Waals surface area contributed by atoms with Crippen LogP contribution < -0.4 is 0 Å². The van der Waals surface area contributed by atoms with Gasteiger partial charge in [0.25, 0.3) is 0 Å². The van der Waals surface area contributed by atoms with Crippen molar-refractivity contribution in [3.63, 3.8) is 0 Å². The number of fused-ring (bicyclic) bond motifs is 1. The lowest BCUT2D eigenvalue weighted by Gasteiger charge is -2.02. The van der Waals surface area contributed by atoms with E-state index < -0.39 is 0 Å². The van der Waals surface area contributed by atoms with Gasteiger partial charge in [0.15, 0.2) is 12.1 Å². The molecule has 0 aliphatic heterocycles. The average molecular weight is 283 g/mol. The van der Waals surface area contributed by atoms with Gasteiger partial charge in [0.05, 0.1) is 0 Å². The molecule has 3 rings (SSSR count). The summed E-state index contributed by atoms with van der Waals surface area (Å²) in [7, 11) is 0. The van der Waals surface area contributed by atoms with Gasteiger partial charge in [0.2, 0.25) is 0 Å². The molecule has 0 spiro atoms. The SMILES string of the molecule is Cc1ccc2c(c1)C(=O)C(c1ccc(Cl)cc1)=C2C=O. The summed E-state index contributed by atoms with van der Waals surface area (Å²) in [5, 5.41) is 0.598. The zero-order valence-electron chi connectivity index (χ0n) is 10.8. The maximum atomic E-state index is 12.6. The molecule has 0 N–H and O–H groups in total. The van der Waals surface area contributed by atoms with Crippen molar-refractivity contribution in [2.24, 2.45) is 0 Å². The fourth-order valence-electron chi connectivity index (χ4n) is 2.50. The molecule has 2 nitrogen and oxygen atoms in total. The van der Waals surface area contributed by atoms with Crippen molar-refractivity contribution in [2.75, 3.05) is 0 Å². The molecule has 0 bridgehead atoms. The molecule has 0 fully saturated rings. The summed E-state index contributed by atoms with van der Waals surface area (Å²) in [6, 6.07) is 12.5. The zero-order chi connectivity index (χ0) is 14.3. The molecule has 1 aliphatic carbocycles. The minimum Gasteiger partial charge on any atom is -0.298 e. The summed E-state index contributed by atoms with van der Waals surface area (Å²) >= 11 is 5.86. The quantitative estimate of drug-likeness (QED) is 0.782. The Morgan fingerprint density at radius 2 is 1.70 bits per heavy atom. The van der Waals surface area contributed by atoms with Gasteiger partial charge >= 0.3 is 0 Å². The van der Waals surface area contributed by atoms with Gasteiger partial charge in [-0.3, -0.25) is 9.59 Å². The van der Waals surface area contributed by atoms with E-state index in [0.29, 0.717) is 27.3 Å². The summed E-state index contributed by atoms with van der Waals surface area (Å²) in [6.45, 7) is 1.93.